The van der Waals surface area contributed by atoms with Crippen LogP contribution >= 0.6 is 23.2 Å². The molecule has 1 aromatic carbocycles. The van der Waals surface area contributed by atoms with Crippen LogP contribution in [0.2, 0.25) is 10.0 Å². The molecule has 2 heterocycles. The van der Waals surface area contributed by atoms with E-state index in [1.54, 1.807) is 18.5 Å². The SMILES string of the molecule is C[C@@H]1CCc2ncnc(N3CCN(C(=O)[C@H](N)Cc4ccc(Cl)c(Cl)c4)CC3)c21. The number of nitrogens with zero attached hydrogens (tertiary/aromatic N) is 4. The van der Waals surface area contributed by atoms with Crippen LogP contribution in [0.5, 0.6) is 0 Å². The predicted octanol–water partition coefficient (Wildman–Crippen LogP) is 3.05. The third kappa shape index (κ3) is 4.20. The summed E-state index contributed by atoms with van der Waals surface area (Å²) < 4.78 is 0. The van der Waals surface area contributed by atoms with Crippen molar-refractivity contribution < 1.29 is 4.79 Å². The van der Waals surface area contributed by atoms with Gasteiger partial charge in [0.2, 0.25) is 5.91 Å². The van der Waals surface area contributed by atoms with Gasteiger partial charge in [0.25, 0.3) is 0 Å². The van der Waals surface area contributed by atoms with Gasteiger partial charge in [-0.15, -0.1) is 0 Å². The van der Waals surface area contributed by atoms with Crippen LogP contribution in [0.4, 0.5) is 5.82 Å². The molecule has 1 amide bonds. The molecule has 1 aliphatic carbocycles. The van der Waals surface area contributed by atoms with E-state index in [-0.39, 0.29) is 5.91 Å². The van der Waals surface area contributed by atoms with E-state index in [0.29, 0.717) is 35.5 Å². The van der Waals surface area contributed by atoms with E-state index >= 15 is 0 Å². The standard InChI is InChI=1S/C21H25Cl2N5O/c1-13-2-5-18-19(13)20(26-12-25-18)27-6-8-28(9-7-27)21(29)17(24)11-14-3-4-15(22)16(23)10-14/h3-4,10,12-13,17H,2,5-9,11,24H2,1H3/t13-,17-/m1/s1. The van der Waals surface area contributed by atoms with Gasteiger partial charge in [0, 0.05) is 37.4 Å². The Kier molecular flexibility index (Phi) is 5.95. The van der Waals surface area contributed by atoms with E-state index < -0.39 is 6.04 Å². The number of hydrogen-bond donors (Lipinski definition) is 1. The van der Waals surface area contributed by atoms with Gasteiger partial charge in [-0.05, 0) is 42.9 Å². The number of hydrogen-bond acceptors (Lipinski definition) is 5. The summed E-state index contributed by atoms with van der Waals surface area (Å²) in [5.41, 5.74) is 9.56. The van der Waals surface area contributed by atoms with Crippen molar-refractivity contribution in [1.29, 1.82) is 0 Å². The summed E-state index contributed by atoms with van der Waals surface area (Å²) in [6, 6.07) is 4.76. The van der Waals surface area contributed by atoms with Gasteiger partial charge in [-0.3, -0.25) is 4.79 Å². The summed E-state index contributed by atoms with van der Waals surface area (Å²) >= 11 is 12.0. The van der Waals surface area contributed by atoms with Crippen molar-refractivity contribution in [2.45, 2.75) is 38.1 Å². The Morgan fingerprint density at radius 3 is 2.69 bits per heavy atom. The van der Waals surface area contributed by atoms with Gasteiger partial charge >= 0.3 is 0 Å². The van der Waals surface area contributed by atoms with Gasteiger partial charge in [-0.1, -0.05) is 36.2 Å². The normalized spacial score (nSPS) is 19.9. The molecule has 2 aliphatic rings. The number of nitrogens with two attached hydrogens (primary N) is 1. The Morgan fingerprint density at radius 2 is 1.97 bits per heavy atom. The zero-order valence-electron chi connectivity index (χ0n) is 16.4. The number of anilines is 1. The summed E-state index contributed by atoms with van der Waals surface area (Å²) in [5, 5.41) is 0.973. The molecule has 29 heavy (non-hydrogen) atoms. The van der Waals surface area contributed by atoms with Crippen molar-refractivity contribution in [3.63, 3.8) is 0 Å². The molecule has 0 saturated carbocycles. The first kappa shape index (κ1) is 20.4. The molecule has 1 aromatic heterocycles. The Balaban J connectivity index is 1.38. The monoisotopic (exact) mass is 433 g/mol. The second-order valence-corrected chi connectivity index (χ2v) is 8.68. The molecular weight excluding hydrogens is 409 g/mol. The van der Waals surface area contributed by atoms with Crippen LogP contribution in [0.15, 0.2) is 24.5 Å². The van der Waals surface area contributed by atoms with Crippen molar-refractivity contribution in [3.05, 3.63) is 51.4 Å². The number of piperazine rings is 1. The molecule has 0 unspecified atom stereocenters. The van der Waals surface area contributed by atoms with Crippen LogP contribution in [-0.4, -0.2) is 53.0 Å². The van der Waals surface area contributed by atoms with Gasteiger partial charge in [0.05, 0.1) is 16.1 Å². The quantitative estimate of drug-likeness (QED) is 0.801. The van der Waals surface area contributed by atoms with Gasteiger partial charge in [0.15, 0.2) is 0 Å². The average molecular weight is 434 g/mol. The number of rotatable bonds is 4. The number of benzene rings is 1. The molecule has 1 saturated heterocycles. The number of fused-ring (bicyclic) bond motifs is 1. The van der Waals surface area contributed by atoms with E-state index in [2.05, 4.69) is 21.8 Å². The zero-order valence-corrected chi connectivity index (χ0v) is 18.0. The van der Waals surface area contributed by atoms with Gasteiger partial charge in [0.1, 0.15) is 12.1 Å². The molecule has 4 rings (SSSR count). The molecule has 1 aliphatic heterocycles. The molecule has 2 aromatic rings. The molecule has 2 atom stereocenters. The summed E-state index contributed by atoms with van der Waals surface area (Å²) in [4.78, 5) is 26.0. The lowest BCUT2D eigenvalue weighted by Crippen LogP contribution is -2.54. The number of carbonyl (C=O) groups excluding carboxylic acids is 1. The fraction of sp³-hybridized carbons (Fsp3) is 0.476. The summed E-state index contributed by atoms with van der Waals surface area (Å²) in [7, 11) is 0. The largest absolute Gasteiger partial charge is 0.353 e. The van der Waals surface area contributed by atoms with Crippen LogP contribution in [0.1, 0.15) is 36.1 Å². The van der Waals surface area contributed by atoms with E-state index in [9.17, 15) is 4.79 Å². The molecule has 0 spiro atoms. The third-order valence-electron chi connectivity index (χ3n) is 5.90. The first-order valence-corrected chi connectivity index (χ1v) is 10.8. The fourth-order valence-corrected chi connectivity index (χ4v) is 4.58. The van der Waals surface area contributed by atoms with E-state index in [1.807, 2.05) is 11.0 Å². The number of aromatic nitrogens is 2. The van der Waals surface area contributed by atoms with Crippen LogP contribution in [0, 0.1) is 0 Å². The van der Waals surface area contributed by atoms with Crippen molar-refractivity contribution in [3.8, 4) is 0 Å². The number of halogens is 2. The van der Waals surface area contributed by atoms with Crippen molar-refractivity contribution in [1.82, 2.24) is 14.9 Å². The lowest BCUT2D eigenvalue weighted by molar-refractivity contribution is -0.132. The Morgan fingerprint density at radius 1 is 1.21 bits per heavy atom. The summed E-state index contributed by atoms with van der Waals surface area (Å²) in [5.74, 6) is 1.49. The molecule has 1 fully saturated rings. The number of aryl methyl sites for hydroxylation is 1. The molecule has 0 radical (unpaired) electrons. The lowest BCUT2D eigenvalue weighted by Gasteiger charge is -2.37. The maximum atomic E-state index is 12.8. The van der Waals surface area contributed by atoms with Crippen LogP contribution in [-0.2, 0) is 17.6 Å². The maximum Gasteiger partial charge on any atom is 0.239 e. The van der Waals surface area contributed by atoms with Gasteiger partial charge in [-0.25, -0.2) is 9.97 Å². The fourth-order valence-electron chi connectivity index (χ4n) is 4.26. The zero-order chi connectivity index (χ0) is 20.5. The predicted molar refractivity (Wildman–Crippen MR) is 116 cm³/mol. The minimum absolute atomic E-state index is 0.0305. The van der Waals surface area contributed by atoms with Crippen LogP contribution < -0.4 is 10.6 Å². The molecule has 0 bridgehead atoms. The van der Waals surface area contributed by atoms with Crippen LogP contribution in [0.25, 0.3) is 0 Å². The Bertz CT molecular complexity index is 914. The average Bonchev–Trinajstić information content (AvgIpc) is 3.11. The van der Waals surface area contributed by atoms with Gasteiger partial charge < -0.3 is 15.5 Å². The Hall–Kier alpha value is -1.89. The van der Waals surface area contributed by atoms with E-state index in [4.69, 9.17) is 28.9 Å². The minimum Gasteiger partial charge on any atom is -0.353 e. The summed E-state index contributed by atoms with van der Waals surface area (Å²) in [6.07, 6.45) is 4.25. The highest BCUT2D eigenvalue weighted by molar-refractivity contribution is 6.42. The second-order valence-electron chi connectivity index (χ2n) is 7.87. The highest BCUT2D eigenvalue weighted by Gasteiger charge is 2.30. The maximum absolute atomic E-state index is 12.8. The molecular formula is C21H25Cl2N5O. The first-order chi connectivity index (χ1) is 13.9. The summed E-state index contributed by atoms with van der Waals surface area (Å²) in [6.45, 7) is 5.02. The lowest BCUT2D eigenvalue weighted by atomic mass is 10.0. The van der Waals surface area contributed by atoms with Crippen molar-refractivity contribution >= 4 is 34.9 Å². The first-order valence-electron chi connectivity index (χ1n) is 10.0. The van der Waals surface area contributed by atoms with E-state index in [0.717, 1.165) is 37.3 Å². The minimum atomic E-state index is -0.595. The Labute approximate surface area is 181 Å². The topological polar surface area (TPSA) is 75.4 Å². The number of amides is 1. The molecule has 8 heteroatoms. The third-order valence-corrected chi connectivity index (χ3v) is 6.64. The van der Waals surface area contributed by atoms with Crippen molar-refractivity contribution in [2.24, 2.45) is 5.73 Å². The van der Waals surface area contributed by atoms with Gasteiger partial charge in [-0.2, -0.15) is 0 Å². The highest BCUT2D eigenvalue weighted by atomic mass is 35.5. The van der Waals surface area contributed by atoms with Crippen molar-refractivity contribution in [2.75, 3.05) is 31.1 Å². The highest BCUT2D eigenvalue weighted by Crippen LogP contribution is 2.37. The molecule has 6 nitrogen and oxygen atoms in total. The molecule has 154 valence electrons. The smallest absolute Gasteiger partial charge is 0.239 e. The van der Waals surface area contributed by atoms with Crippen LogP contribution in [0.3, 0.4) is 0 Å². The second kappa shape index (κ2) is 8.46. The molecule has 2 N–H and O–H groups in total. The van der Waals surface area contributed by atoms with E-state index in [1.165, 1.54) is 11.3 Å². The number of carbonyl (C=O) groups is 1.